The molecule has 0 aliphatic carbocycles. The van der Waals surface area contributed by atoms with Crippen LogP contribution in [0.25, 0.3) is 0 Å². The Balaban J connectivity index is 2.24. The van der Waals surface area contributed by atoms with Gasteiger partial charge in [-0.15, -0.1) is 0 Å². The van der Waals surface area contributed by atoms with Crippen molar-refractivity contribution < 1.29 is 9.59 Å². The molecule has 116 valence electrons. The van der Waals surface area contributed by atoms with E-state index in [1.54, 1.807) is 7.05 Å². The highest BCUT2D eigenvalue weighted by atomic mass is 35.5. The van der Waals surface area contributed by atoms with Crippen LogP contribution in [-0.4, -0.2) is 58.0 Å². The molecule has 2 atom stereocenters. The van der Waals surface area contributed by atoms with Crippen LogP contribution in [0.5, 0.6) is 0 Å². The van der Waals surface area contributed by atoms with E-state index in [1.807, 2.05) is 31.7 Å². The predicted molar refractivity (Wildman–Crippen MR) is 85.4 cm³/mol. The molecule has 2 unspecified atom stereocenters. The van der Waals surface area contributed by atoms with Crippen LogP contribution in [0.3, 0.4) is 0 Å². The van der Waals surface area contributed by atoms with E-state index in [0.717, 1.165) is 10.2 Å². The fraction of sp³-hybridized carbons (Fsp3) is 0.615. The average molecular weight is 331 g/mol. The van der Waals surface area contributed by atoms with E-state index in [0.29, 0.717) is 5.75 Å². The molecule has 3 amide bonds. The van der Waals surface area contributed by atoms with Crippen molar-refractivity contribution in [1.29, 1.82) is 0 Å². The second-order valence-corrected chi connectivity index (χ2v) is 6.86. The number of allylic oxidation sites excluding steroid dienone is 1. The first-order chi connectivity index (χ1) is 9.82. The van der Waals surface area contributed by atoms with Gasteiger partial charge in [0.25, 0.3) is 5.91 Å². The normalized spacial score (nSPS) is 26.2. The largest absolute Gasteiger partial charge is 0.333 e. The maximum Gasteiger partial charge on any atom is 0.325 e. The molecular formula is C13H19ClN4O2S. The number of thioether (sulfide) groups is 1. The number of urea groups is 1. The van der Waals surface area contributed by atoms with E-state index in [4.69, 9.17) is 11.6 Å². The zero-order valence-corrected chi connectivity index (χ0v) is 14.0. The molecular weight excluding hydrogens is 312 g/mol. The van der Waals surface area contributed by atoms with E-state index >= 15 is 0 Å². The third-order valence-corrected chi connectivity index (χ3v) is 4.46. The third-order valence-electron chi connectivity index (χ3n) is 3.39. The van der Waals surface area contributed by atoms with Crippen molar-refractivity contribution in [2.24, 2.45) is 4.99 Å². The summed E-state index contributed by atoms with van der Waals surface area (Å²) >= 11 is 7.34. The van der Waals surface area contributed by atoms with Crippen LogP contribution in [0.15, 0.2) is 16.1 Å². The van der Waals surface area contributed by atoms with Crippen LogP contribution in [0.1, 0.15) is 20.8 Å². The summed E-state index contributed by atoms with van der Waals surface area (Å²) < 4.78 is 0. The number of aliphatic imine (C=N–C) groups is 1. The second-order valence-electron chi connectivity index (χ2n) is 5.28. The van der Waals surface area contributed by atoms with Gasteiger partial charge < -0.3 is 9.80 Å². The third kappa shape index (κ3) is 3.18. The molecule has 0 spiro atoms. The SMILES string of the molecule is C/C(Cl)=C\CSC1=NC2C(C(=O)NC(=O)N2C)N1C(C)C. The number of hydrogen-bond donors (Lipinski definition) is 1. The van der Waals surface area contributed by atoms with Gasteiger partial charge in [0.15, 0.2) is 17.4 Å². The lowest BCUT2D eigenvalue weighted by atomic mass is 10.1. The number of nitrogens with one attached hydrogen (secondary N) is 1. The fourth-order valence-corrected chi connectivity index (χ4v) is 3.65. The van der Waals surface area contributed by atoms with Crippen LogP contribution < -0.4 is 5.32 Å². The Morgan fingerprint density at radius 3 is 2.76 bits per heavy atom. The van der Waals surface area contributed by atoms with Gasteiger partial charge in [0.2, 0.25) is 0 Å². The Morgan fingerprint density at radius 1 is 1.52 bits per heavy atom. The number of amidine groups is 1. The van der Waals surface area contributed by atoms with E-state index in [9.17, 15) is 9.59 Å². The highest BCUT2D eigenvalue weighted by Gasteiger charge is 2.49. The summed E-state index contributed by atoms with van der Waals surface area (Å²) in [6, 6.07) is -0.757. The molecule has 2 heterocycles. The van der Waals surface area contributed by atoms with Gasteiger partial charge in [-0.3, -0.25) is 10.1 Å². The van der Waals surface area contributed by atoms with Gasteiger partial charge in [0.1, 0.15) is 0 Å². The Morgan fingerprint density at radius 2 is 2.19 bits per heavy atom. The Hall–Kier alpha value is -1.21. The zero-order valence-electron chi connectivity index (χ0n) is 12.5. The Kier molecular flexibility index (Phi) is 4.83. The van der Waals surface area contributed by atoms with E-state index < -0.39 is 18.2 Å². The molecule has 1 fully saturated rings. The summed E-state index contributed by atoms with van der Waals surface area (Å²) in [5.41, 5.74) is 0. The van der Waals surface area contributed by atoms with Crippen LogP contribution in [-0.2, 0) is 4.79 Å². The number of carbonyl (C=O) groups excluding carboxylic acids is 2. The molecule has 6 nitrogen and oxygen atoms in total. The molecule has 2 aliphatic rings. The van der Waals surface area contributed by atoms with Crippen molar-refractivity contribution in [2.45, 2.75) is 39.0 Å². The van der Waals surface area contributed by atoms with Gasteiger partial charge in [-0.2, -0.15) is 0 Å². The lowest BCUT2D eigenvalue weighted by Crippen LogP contribution is -2.64. The first kappa shape index (κ1) is 16.2. The minimum Gasteiger partial charge on any atom is -0.333 e. The van der Waals surface area contributed by atoms with Crippen molar-refractivity contribution in [3.8, 4) is 0 Å². The minimum absolute atomic E-state index is 0.111. The molecule has 1 N–H and O–H groups in total. The summed E-state index contributed by atoms with van der Waals surface area (Å²) in [5.74, 6) is 0.385. The quantitative estimate of drug-likeness (QED) is 0.857. The molecule has 8 heteroatoms. The first-order valence-corrected chi connectivity index (χ1v) is 8.08. The van der Waals surface area contributed by atoms with Gasteiger partial charge in [-0.05, 0) is 20.8 Å². The number of likely N-dealkylation sites (N-methyl/N-ethyl adjacent to an activating group) is 1. The number of rotatable bonds is 3. The van der Waals surface area contributed by atoms with Crippen molar-refractivity contribution in [2.75, 3.05) is 12.8 Å². The molecule has 0 bridgehead atoms. The van der Waals surface area contributed by atoms with Crippen molar-refractivity contribution >= 4 is 40.5 Å². The number of imide groups is 1. The standard InChI is InChI=1S/C13H19ClN4O2S/c1-7(2)18-9-10(17(4)12(20)16-11(9)19)15-13(18)21-6-5-8(3)14/h5,7,9-10H,6H2,1-4H3,(H,16,19,20)/b8-5+. The lowest BCUT2D eigenvalue weighted by molar-refractivity contribution is -0.127. The number of carbonyl (C=O) groups is 2. The number of halogens is 1. The summed E-state index contributed by atoms with van der Waals surface area (Å²) in [4.78, 5) is 31.9. The molecule has 2 aliphatic heterocycles. The van der Waals surface area contributed by atoms with Gasteiger partial charge in [0.05, 0.1) is 0 Å². The van der Waals surface area contributed by atoms with E-state index in [-0.39, 0.29) is 11.9 Å². The molecule has 1 saturated heterocycles. The van der Waals surface area contributed by atoms with Crippen molar-refractivity contribution in [3.63, 3.8) is 0 Å². The first-order valence-electron chi connectivity index (χ1n) is 6.71. The van der Waals surface area contributed by atoms with Crippen LogP contribution in [0, 0.1) is 0 Å². The topological polar surface area (TPSA) is 65.0 Å². The molecule has 2 rings (SSSR count). The monoisotopic (exact) mass is 330 g/mol. The molecule has 21 heavy (non-hydrogen) atoms. The van der Waals surface area contributed by atoms with Crippen LogP contribution in [0.2, 0.25) is 0 Å². The number of nitrogens with zero attached hydrogens (tertiary/aromatic N) is 3. The smallest absolute Gasteiger partial charge is 0.325 e. The summed E-state index contributed by atoms with van der Waals surface area (Å²) in [6.45, 7) is 5.83. The second kappa shape index (κ2) is 6.27. The maximum atomic E-state index is 12.2. The molecule has 0 saturated carbocycles. The molecule has 0 aromatic heterocycles. The zero-order chi connectivity index (χ0) is 15.7. The maximum absolute atomic E-state index is 12.2. The Bertz CT molecular complexity index is 516. The van der Waals surface area contributed by atoms with Gasteiger partial charge in [0, 0.05) is 23.9 Å². The molecule has 0 aromatic carbocycles. The fourth-order valence-electron chi connectivity index (χ4n) is 2.35. The lowest BCUT2D eigenvalue weighted by Gasteiger charge is -2.37. The summed E-state index contributed by atoms with van der Waals surface area (Å²) in [6.07, 6.45) is 1.43. The predicted octanol–water partition coefficient (Wildman–Crippen LogP) is 1.82. The van der Waals surface area contributed by atoms with E-state index in [1.165, 1.54) is 16.7 Å². The number of amides is 3. The number of hydrogen-bond acceptors (Lipinski definition) is 5. The summed E-state index contributed by atoms with van der Waals surface area (Å²) in [7, 11) is 1.65. The van der Waals surface area contributed by atoms with E-state index in [2.05, 4.69) is 10.3 Å². The number of fused-ring (bicyclic) bond motifs is 1. The highest BCUT2D eigenvalue weighted by molar-refractivity contribution is 8.13. The minimum atomic E-state index is -0.462. The van der Waals surface area contributed by atoms with Gasteiger partial charge in [-0.25, -0.2) is 9.79 Å². The Labute approximate surface area is 133 Å². The van der Waals surface area contributed by atoms with Crippen LogP contribution in [0.4, 0.5) is 4.79 Å². The van der Waals surface area contributed by atoms with Gasteiger partial charge >= 0.3 is 6.03 Å². The van der Waals surface area contributed by atoms with Crippen molar-refractivity contribution in [1.82, 2.24) is 15.1 Å². The van der Waals surface area contributed by atoms with Gasteiger partial charge in [-0.1, -0.05) is 29.4 Å². The highest BCUT2D eigenvalue weighted by Crippen LogP contribution is 2.30. The van der Waals surface area contributed by atoms with Crippen LogP contribution >= 0.6 is 23.4 Å². The summed E-state index contributed by atoms with van der Waals surface area (Å²) in [5, 5.41) is 3.86. The molecule has 0 radical (unpaired) electrons. The van der Waals surface area contributed by atoms with Crippen molar-refractivity contribution in [3.05, 3.63) is 11.1 Å². The molecule has 0 aromatic rings. The average Bonchev–Trinajstić information content (AvgIpc) is 2.76.